The molecule has 0 aliphatic carbocycles. The molecule has 20 heavy (non-hydrogen) atoms. The summed E-state index contributed by atoms with van der Waals surface area (Å²) in [6.45, 7) is 7.54. The summed E-state index contributed by atoms with van der Waals surface area (Å²) < 4.78 is 7.63. The highest BCUT2D eigenvalue weighted by atomic mass is 16.5. The minimum atomic E-state index is 0.351. The highest BCUT2D eigenvalue weighted by Crippen LogP contribution is 2.17. The van der Waals surface area contributed by atoms with Crippen LogP contribution in [-0.2, 0) is 6.61 Å². The molecule has 1 unspecified atom stereocenters. The third kappa shape index (κ3) is 3.61. The zero-order chi connectivity index (χ0) is 14.5. The van der Waals surface area contributed by atoms with E-state index in [2.05, 4.69) is 50.1 Å². The van der Waals surface area contributed by atoms with Crippen LogP contribution in [0.1, 0.15) is 43.9 Å². The molecule has 0 saturated carbocycles. The number of hydrogen-bond donors (Lipinski definition) is 1. The second-order valence-electron chi connectivity index (χ2n) is 5.42. The van der Waals surface area contributed by atoms with E-state index in [-0.39, 0.29) is 0 Å². The molecule has 1 aromatic carbocycles. The first kappa shape index (κ1) is 14.6. The topological polar surface area (TPSA) is 53.1 Å². The Balaban J connectivity index is 1.93. The zero-order valence-corrected chi connectivity index (χ0v) is 12.4. The fourth-order valence-electron chi connectivity index (χ4n) is 1.92. The van der Waals surface area contributed by atoms with Gasteiger partial charge in [0.15, 0.2) is 5.75 Å². The van der Waals surface area contributed by atoms with Crippen LogP contribution >= 0.6 is 0 Å². The Hall–Kier alpha value is -1.81. The van der Waals surface area contributed by atoms with Crippen molar-refractivity contribution in [2.75, 3.05) is 6.54 Å². The van der Waals surface area contributed by atoms with Gasteiger partial charge in [0.2, 0.25) is 0 Å². The Morgan fingerprint density at radius 1 is 1.20 bits per heavy atom. The quantitative estimate of drug-likeness (QED) is 0.880. The molecular formula is C16H23N3O. The van der Waals surface area contributed by atoms with Crippen LogP contribution in [0.5, 0.6) is 5.75 Å². The molecule has 0 spiro atoms. The summed E-state index contributed by atoms with van der Waals surface area (Å²) >= 11 is 0. The number of nitrogens with zero attached hydrogens (tertiary/aromatic N) is 2. The largest absolute Gasteiger partial charge is 0.486 e. The van der Waals surface area contributed by atoms with Crippen LogP contribution in [-0.4, -0.2) is 16.3 Å². The van der Waals surface area contributed by atoms with Crippen molar-refractivity contribution in [3.63, 3.8) is 0 Å². The fourth-order valence-corrected chi connectivity index (χ4v) is 1.92. The van der Waals surface area contributed by atoms with Gasteiger partial charge in [-0.05, 0) is 37.4 Å². The normalized spacial score (nSPS) is 12.7. The third-order valence-electron chi connectivity index (χ3n) is 3.41. The first-order valence-electron chi connectivity index (χ1n) is 7.06. The second-order valence-corrected chi connectivity index (χ2v) is 5.42. The molecule has 1 aromatic heterocycles. The first-order valence-corrected chi connectivity index (χ1v) is 7.06. The molecule has 1 atom stereocenters. The van der Waals surface area contributed by atoms with E-state index in [0.717, 1.165) is 11.3 Å². The summed E-state index contributed by atoms with van der Waals surface area (Å²) in [5.74, 6) is 1.20. The van der Waals surface area contributed by atoms with Crippen LogP contribution < -0.4 is 10.5 Å². The average Bonchev–Trinajstić information content (AvgIpc) is 2.94. The van der Waals surface area contributed by atoms with Crippen LogP contribution in [0.2, 0.25) is 0 Å². The van der Waals surface area contributed by atoms with Crippen molar-refractivity contribution >= 4 is 0 Å². The van der Waals surface area contributed by atoms with E-state index < -0.39 is 0 Å². The van der Waals surface area contributed by atoms with Gasteiger partial charge in [0, 0.05) is 6.04 Å². The molecule has 1 heterocycles. The Bertz CT molecular complexity index is 531. The standard InChI is InChI=1S/C16H23N3O/c1-12(2)19-10-16(9-18-19)20-11-14-4-6-15(7-5-14)13(3)8-17/h4-7,9-10,12-13H,8,11,17H2,1-3H3. The zero-order valence-electron chi connectivity index (χ0n) is 12.4. The minimum absolute atomic E-state index is 0.351. The summed E-state index contributed by atoms with van der Waals surface area (Å²) in [7, 11) is 0. The summed E-state index contributed by atoms with van der Waals surface area (Å²) in [6.07, 6.45) is 3.68. The molecular weight excluding hydrogens is 250 g/mol. The van der Waals surface area contributed by atoms with E-state index in [1.807, 2.05) is 10.9 Å². The molecule has 0 aliphatic heterocycles. The van der Waals surface area contributed by atoms with Crippen LogP contribution in [0.4, 0.5) is 0 Å². The Kier molecular flexibility index (Phi) is 4.79. The van der Waals surface area contributed by atoms with Crippen molar-refractivity contribution in [1.82, 2.24) is 9.78 Å². The van der Waals surface area contributed by atoms with Gasteiger partial charge in [-0.25, -0.2) is 0 Å². The predicted octanol–water partition coefficient (Wildman–Crippen LogP) is 3.11. The van der Waals surface area contributed by atoms with Gasteiger partial charge in [0.25, 0.3) is 0 Å². The summed E-state index contributed by atoms with van der Waals surface area (Å²) in [5, 5.41) is 4.25. The molecule has 2 rings (SSSR count). The van der Waals surface area contributed by atoms with Crippen LogP contribution in [0.15, 0.2) is 36.7 Å². The maximum Gasteiger partial charge on any atom is 0.157 e. The molecule has 108 valence electrons. The second kappa shape index (κ2) is 6.57. The molecule has 0 fully saturated rings. The molecule has 2 aromatic rings. The Morgan fingerprint density at radius 2 is 1.90 bits per heavy atom. The summed E-state index contributed by atoms with van der Waals surface area (Å²) in [4.78, 5) is 0. The molecule has 0 radical (unpaired) electrons. The van der Waals surface area contributed by atoms with Crippen LogP contribution in [0, 0.1) is 0 Å². The highest BCUT2D eigenvalue weighted by Gasteiger charge is 2.05. The van der Waals surface area contributed by atoms with Crippen LogP contribution in [0.25, 0.3) is 0 Å². The molecule has 2 N–H and O–H groups in total. The van der Waals surface area contributed by atoms with E-state index >= 15 is 0 Å². The number of rotatable bonds is 6. The molecule has 0 saturated heterocycles. The Labute approximate surface area is 120 Å². The highest BCUT2D eigenvalue weighted by molar-refractivity contribution is 5.25. The van der Waals surface area contributed by atoms with Gasteiger partial charge in [0.1, 0.15) is 6.61 Å². The molecule has 4 nitrogen and oxygen atoms in total. The van der Waals surface area contributed by atoms with E-state index in [1.54, 1.807) is 6.20 Å². The van der Waals surface area contributed by atoms with E-state index in [9.17, 15) is 0 Å². The van der Waals surface area contributed by atoms with E-state index in [4.69, 9.17) is 10.5 Å². The van der Waals surface area contributed by atoms with Gasteiger partial charge in [0.05, 0.1) is 12.4 Å². The van der Waals surface area contributed by atoms with Crippen molar-refractivity contribution in [1.29, 1.82) is 0 Å². The minimum Gasteiger partial charge on any atom is -0.486 e. The van der Waals surface area contributed by atoms with E-state index in [0.29, 0.717) is 25.1 Å². The maximum absolute atomic E-state index is 5.74. The smallest absolute Gasteiger partial charge is 0.157 e. The van der Waals surface area contributed by atoms with Crippen molar-refractivity contribution in [3.05, 3.63) is 47.8 Å². The van der Waals surface area contributed by atoms with Crippen molar-refractivity contribution in [3.8, 4) is 5.75 Å². The SMILES string of the molecule is CC(CN)c1ccc(COc2cnn(C(C)C)c2)cc1. The number of benzene rings is 1. The fraction of sp³-hybridized carbons (Fsp3) is 0.438. The van der Waals surface area contributed by atoms with Crippen molar-refractivity contribution < 1.29 is 4.74 Å². The summed E-state index contributed by atoms with van der Waals surface area (Å²) in [5.41, 5.74) is 8.09. The first-order chi connectivity index (χ1) is 9.60. The van der Waals surface area contributed by atoms with Crippen LogP contribution in [0.3, 0.4) is 0 Å². The monoisotopic (exact) mass is 273 g/mol. The van der Waals surface area contributed by atoms with Gasteiger partial charge < -0.3 is 10.5 Å². The van der Waals surface area contributed by atoms with Crippen molar-refractivity contribution in [2.24, 2.45) is 5.73 Å². The van der Waals surface area contributed by atoms with Gasteiger partial charge >= 0.3 is 0 Å². The average molecular weight is 273 g/mol. The molecule has 0 aliphatic rings. The molecule has 4 heteroatoms. The maximum atomic E-state index is 5.74. The lowest BCUT2D eigenvalue weighted by atomic mass is 10.0. The lowest BCUT2D eigenvalue weighted by molar-refractivity contribution is 0.305. The summed E-state index contributed by atoms with van der Waals surface area (Å²) in [6, 6.07) is 8.77. The lowest BCUT2D eigenvalue weighted by Gasteiger charge is -2.10. The third-order valence-corrected chi connectivity index (χ3v) is 3.41. The van der Waals surface area contributed by atoms with Gasteiger partial charge in [-0.1, -0.05) is 31.2 Å². The number of hydrogen-bond acceptors (Lipinski definition) is 3. The van der Waals surface area contributed by atoms with Gasteiger partial charge in [-0.2, -0.15) is 5.10 Å². The lowest BCUT2D eigenvalue weighted by Crippen LogP contribution is -2.08. The van der Waals surface area contributed by atoms with Crippen molar-refractivity contribution in [2.45, 2.75) is 39.3 Å². The molecule has 0 amide bonds. The van der Waals surface area contributed by atoms with E-state index in [1.165, 1.54) is 5.56 Å². The Morgan fingerprint density at radius 3 is 2.45 bits per heavy atom. The van der Waals surface area contributed by atoms with Gasteiger partial charge in [-0.3, -0.25) is 4.68 Å². The molecule has 0 bridgehead atoms. The number of aromatic nitrogens is 2. The number of nitrogens with two attached hydrogens (primary N) is 1. The number of ether oxygens (including phenoxy) is 1. The van der Waals surface area contributed by atoms with Gasteiger partial charge in [-0.15, -0.1) is 0 Å². The predicted molar refractivity (Wildman–Crippen MR) is 80.9 cm³/mol.